The first kappa shape index (κ1) is 18.5. The molecule has 0 unspecified atom stereocenters. The molecule has 136 valence electrons. The maximum atomic E-state index is 12.1. The fourth-order valence-electron chi connectivity index (χ4n) is 2.52. The highest BCUT2D eigenvalue weighted by Gasteiger charge is 2.08. The normalized spacial score (nSPS) is 10.8. The summed E-state index contributed by atoms with van der Waals surface area (Å²) in [5.74, 6) is 1.51. The maximum absolute atomic E-state index is 12.1. The summed E-state index contributed by atoms with van der Waals surface area (Å²) >= 11 is 2.88. The molecule has 3 aromatic rings. The van der Waals surface area contributed by atoms with Crippen LogP contribution >= 0.6 is 23.1 Å². The zero-order valence-electron chi connectivity index (χ0n) is 14.5. The van der Waals surface area contributed by atoms with E-state index in [-0.39, 0.29) is 11.5 Å². The summed E-state index contributed by atoms with van der Waals surface area (Å²) in [5, 5.41) is 4.79. The van der Waals surface area contributed by atoms with Gasteiger partial charge in [0.05, 0.1) is 18.6 Å². The summed E-state index contributed by atoms with van der Waals surface area (Å²) in [7, 11) is 1.61. The largest absolute Gasteiger partial charge is 0.496 e. The number of ether oxygens (including phenoxy) is 1. The van der Waals surface area contributed by atoms with Gasteiger partial charge in [0, 0.05) is 35.0 Å². The average Bonchev–Trinajstić information content (AvgIpc) is 3.01. The van der Waals surface area contributed by atoms with E-state index in [0.29, 0.717) is 28.7 Å². The van der Waals surface area contributed by atoms with Crippen LogP contribution in [-0.4, -0.2) is 28.2 Å². The lowest BCUT2D eigenvalue weighted by molar-refractivity contribution is -0.118. The number of nitrogens with zero attached hydrogens (tertiary/aromatic N) is 2. The smallest absolute Gasteiger partial charge is 0.258 e. The Labute approximate surface area is 159 Å². The first-order chi connectivity index (χ1) is 12.6. The fourth-order valence-corrected chi connectivity index (χ4v) is 4.15. The Balaban J connectivity index is 1.52. The molecule has 0 fully saturated rings. The Morgan fingerprint density at radius 1 is 1.38 bits per heavy atom. The summed E-state index contributed by atoms with van der Waals surface area (Å²) in [6, 6.07) is 9.12. The Morgan fingerprint density at radius 3 is 3.00 bits per heavy atom. The van der Waals surface area contributed by atoms with Crippen LogP contribution in [0, 0.1) is 6.92 Å². The van der Waals surface area contributed by atoms with Crippen molar-refractivity contribution < 1.29 is 9.53 Å². The molecule has 0 aliphatic carbocycles. The van der Waals surface area contributed by atoms with Crippen molar-refractivity contribution in [2.24, 2.45) is 0 Å². The lowest BCUT2D eigenvalue weighted by Gasteiger charge is -2.09. The highest BCUT2D eigenvalue weighted by Crippen LogP contribution is 2.17. The Hall–Kier alpha value is -2.32. The zero-order chi connectivity index (χ0) is 18.5. The number of hydrogen-bond acceptors (Lipinski definition) is 6. The van der Waals surface area contributed by atoms with E-state index in [2.05, 4.69) is 10.3 Å². The van der Waals surface area contributed by atoms with Crippen molar-refractivity contribution in [2.75, 3.05) is 12.9 Å². The van der Waals surface area contributed by atoms with Crippen LogP contribution in [-0.2, 0) is 17.1 Å². The average molecular weight is 390 g/mol. The number of nitrogens with one attached hydrogen (secondary N) is 1. The van der Waals surface area contributed by atoms with E-state index >= 15 is 0 Å². The number of thiazole rings is 1. The molecule has 1 N–H and O–H groups in total. The number of carbonyl (C=O) groups is 1. The number of hydrogen-bond donors (Lipinski definition) is 1. The molecule has 2 heterocycles. The molecule has 0 atom stereocenters. The van der Waals surface area contributed by atoms with Crippen LogP contribution in [0.1, 0.15) is 17.0 Å². The van der Waals surface area contributed by atoms with Crippen molar-refractivity contribution in [1.29, 1.82) is 0 Å². The Kier molecular flexibility index (Phi) is 5.95. The molecule has 3 rings (SSSR count). The number of carbonyl (C=O) groups excluding carboxylic acids is 1. The van der Waals surface area contributed by atoms with E-state index in [1.165, 1.54) is 29.2 Å². The van der Waals surface area contributed by atoms with Crippen LogP contribution in [0.4, 0.5) is 0 Å². The SMILES string of the molecule is COc1ccccc1CNC(=O)CSCc1cc(=O)n2c(C)csc2n1. The van der Waals surface area contributed by atoms with E-state index in [9.17, 15) is 9.59 Å². The molecule has 0 bridgehead atoms. The molecule has 0 aliphatic heterocycles. The number of thioether (sulfide) groups is 1. The van der Waals surface area contributed by atoms with Gasteiger partial charge >= 0.3 is 0 Å². The molecule has 0 saturated carbocycles. The number of para-hydroxylation sites is 1. The minimum Gasteiger partial charge on any atom is -0.496 e. The van der Waals surface area contributed by atoms with Crippen LogP contribution in [0.3, 0.4) is 0 Å². The Morgan fingerprint density at radius 2 is 2.19 bits per heavy atom. The van der Waals surface area contributed by atoms with Crippen molar-refractivity contribution in [1.82, 2.24) is 14.7 Å². The molecule has 1 aromatic carbocycles. The van der Waals surface area contributed by atoms with Gasteiger partial charge in [0.1, 0.15) is 5.75 Å². The number of aryl methyl sites for hydroxylation is 1. The number of fused-ring (bicyclic) bond motifs is 1. The number of benzene rings is 1. The third-order valence-corrected chi connectivity index (χ3v) is 5.69. The minimum absolute atomic E-state index is 0.0642. The number of amides is 1. The standard InChI is InChI=1S/C18H19N3O3S2/c1-12-9-26-18-20-14(7-17(23)21(12)18)10-25-11-16(22)19-8-13-5-3-4-6-15(13)24-2/h3-7,9H,8,10-11H2,1-2H3,(H,19,22). The quantitative estimate of drug-likeness (QED) is 0.672. The van der Waals surface area contributed by atoms with Crippen LogP contribution in [0.5, 0.6) is 5.75 Å². The third kappa shape index (κ3) is 4.25. The highest BCUT2D eigenvalue weighted by molar-refractivity contribution is 7.99. The zero-order valence-corrected chi connectivity index (χ0v) is 16.2. The van der Waals surface area contributed by atoms with Crippen LogP contribution < -0.4 is 15.6 Å². The van der Waals surface area contributed by atoms with Gasteiger partial charge in [0.15, 0.2) is 4.96 Å². The molecule has 8 heteroatoms. The summed E-state index contributed by atoms with van der Waals surface area (Å²) in [6.07, 6.45) is 0. The van der Waals surface area contributed by atoms with Gasteiger partial charge in [-0.25, -0.2) is 4.98 Å². The van der Waals surface area contributed by atoms with Crippen LogP contribution in [0.15, 0.2) is 40.5 Å². The van der Waals surface area contributed by atoms with E-state index < -0.39 is 0 Å². The molecule has 0 saturated heterocycles. The van der Waals surface area contributed by atoms with Gasteiger partial charge in [-0.1, -0.05) is 18.2 Å². The van der Waals surface area contributed by atoms with Crippen molar-refractivity contribution in [2.45, 2.75) is 19.2 Å². The number of methoxy groups -OCH3 is 1. The van der Waals surface area contributed by atoms with E-state index in [1.807, 2.05) is 36.6 Å². The van der Waals surface area contributed by atoms with Gasteiger partial charge < -0.3 is 10.1 Å². The molecule has 6 nitrogen and oxygen atoms in total. The van der Waals surface area contributed by atoms with Gasteiger partial charge in [0.25, 0.3) is 5.56 Å². The Bertz CT molecular complexity index is 981. The topological polar surface area (TPSA) is 72.7 Å². The van der Waals surface area contributed by atoms with Crippen LogP contribution in [0.2, 0.25) is 0 Å². The van der Waals surface area contributed by atoms with E-state index in [1.54, 1.807) is 11.5 Å². The van der Waals surface area contributed by atoms with E-state index in [4.69, 9.17) is 4.74 Å². The van der Waals surface area contributed by atoms with Gasteiger partial charge in [0.2, 0.25) is 5.91 Å². The van der Waals surface area contributed by atoms with Gasteiger partial charge in [-0.05, 0) is 13.0 Å². The molecular weight excluding hydrogens is 370 g/mol. The fraction of sp³-hybridized carbons (Fsp3) is 0.278. The third-order valence-electron chi connectivity index (χ3n) is 3.78. The lowest BCUT2D eigenvalue weighted by Crippen LogP contribution is -2.25. The van der Waals surface area contributed by atoms with Crippen molar-refractivity contribution >= 4 is 34.0 Å². The second kappa shape index (κ2) is 8.37. The molecular formula is C18H19N3O3S2. The first-order valence-electron chi connectivity index (χ1n) is 8.01. The first-order valence-corrected chi connectivity index (χ1v) is 10.0. The van der Waals surface area contributed by atoms with Crippen LogP contribution in [0.25, 0.3) is 4.96 Å². The summed E-state index contributed by atoms with van der Waals surface area (Å²) in [6.45, 7) is 2.30. The maximum Gasteiger partial charge on any atom is 0.258 e. The number of rotatable bonds is 7. The van der Waals surface area contributed by atoms with Crippen molar-refractivity contribution in [3.8, 4) is 5.75 Å². The summed E-state index contributed by atoms with van der Waals surface area (Å²) in [4.78, 5) is 29.3. The van der Waals surface area contributed by atoms with Crippen molar-refractivity contribution in [3.63, 3.8) is 0 Å². The van der Waals surface area contributed by atoms with Gasteiger partial charge in [-0.2, -0.15) is 0 Å². The van der Waals surface area contributed by atoms with E-state index in [0.717, 1.165) is 17.0 Å². The predicted octanol–water partition coefficient (Wildman–Crippen LogP) is 2.62. The molecule has 0 spiro atoms. The lowest BCUT2D eigenvalue weighted by atomic mass is 10.2. The number of aromatic nitrogens is 2. The molecule has 2 aromatic heterocycles. The second-order valence-corrected chi connectivity index (χ2v) is 7.48. The molecule has 1 amide bonds. The molecule has 0 radical (unpaired) electrons. The predicted molar refractivity (Wildman–Crippen MR) is 105 cm³/mol. The second-order valence-electron chi connectivity index (χ2n) is 5.66. The minimum atomic E-state index is -0.0787. The summed E-state index contributed by atoms with van der Waals surface area (Å²) < 4.78 is 6.87. The van der Waals surface area contributed by atoms with Gasteiger partial charge in [-0.15, -0.1) is 23.1 Å². The highest BCUT2D eigenvalue weighted by atomic mass is 32.2. The summed E-state index contributed by atoms with van der Waals surface area (Å²) in [5.41, 5.74) is 2.43. The monoisotopic (exact) mass is 389 g/mol. The molecule has 26 heavy (non-hydrogen) atoms. The van der Waals surface area contributed by atoms with Gasteiger partial charge in [-0.3, -0.25) is 14.0 Å². The molecule has 0 aliphatic rings. The van der Waals surface area contributed by atoms with Crippen molar-refractivity contribution in [3.05, 3.63) is 63.0 Å².